The normalized spacial score (nSPS) is 29.9. The zero-order valence-electron chi connectivity index (χ0n) is 11.9. The van der Waals surface area contributed by atoms with E-state index in [-0.39, 0.29) is 6.04 Å². The van der Waals surface area contributed by atoms with Crippen LogP contribution in [0.4, 0.5) is 5.13 Å². The van der Waals surface area contributed by atoms with Gasteiger partial charge in [-0.2, -0.15) is 4.37 Å². The van der Waals surface area contributed by atoms with E-state index in [1.807, 2.05) is 0 Å². The topological polar surface area (TPSA) is 66.4 Å². The number of rotatable bonds is 3. The third-order valence-electron chi connectivity index (χ3n) is 4.68. The molecule has 0 amide bonds. The Morgan fingerprint density at radius 2 is 1.86 bits per heavy atom. The third kappa shape index (κ3) is 2.93. The number of hydrogen-bond donors (Lipinski definition) is 0. The van der Waals surface area contributed by atoms with Gasteiger partial charge in [-0.25, -0.2) is 13.4 Å². The van der Waals surface area contributed by atoms with E-state index < -0.39 is 9.84 Å². The van der Waals surface area contributed by atoms with E-state index in [4.69, 9.17) is 0 Å². The van der Waals surface area contributed by atoms with Gasteiger partial charge < -0.3 is 4.90 Å². The highest BCUT2D eigenvalue weighted by atomic mass is 32.2. The van der Waals surface area contributed by atoms with Gasteiger partial charge in [-0.3, -0.25) is 4.90 Å². The van der Waals surface area contributed by atoms with Crippen molar-refractivity contribution in [3.8, 4) is 0 Å². The van der Waals surface area contributed by atoms with Gasteiger partial charge in [-0.1, -0.05) is 0 Å². The lowest BCUT2D eigenvalue weighted by molar-refractivity contribution is 0.200. The first-order valence-corrected chi connectivity index (χ1v) is 10.2. The summed E-state index contributed by atoms with van der Waals surface area (Å²) in [7, 11) is -2.79. The van der Waals surface area contributed by atoms with Crippen LogP contribution in [0.15, 0.2) is 0 Å². The quantitative estimate of drug-likeness (QED) is 0.815. The van der Waals surface area contributed by atoms with E-state index in [1.54, 1.807) is 0 Å². The molecule has 0 radical (unpaired) electrons. The fourth-order valence-corrected chi connectivity index (χ4v) is 5.76. The second-order valence-electron chi connectivity index (χ2n) is 6.29. The number of piperazine rings is 1. The van der Waals surface area contributed by atoms with Crippen molar-refractivity contribution in [3.63, 3.8) is 0 Å². The Labute approximate surface area is 129 Å². The lowest BCUT2D eigenvalue weighted by Crippen LogP contribution is -2.50. The Kier molecular flexibility index (Phi) is 3.42. The number of aromatic nitrogens is 2. The fourth-order valence-electron chi connectivity index (χ4n) is 3.20. The van der Waals surface area contributed by atoms with Crippen LogP contribution in [-0.2, 0) is 9.84 Å². The summed E-state index contributed by atoms with van der Waals surface area (Å²) in [6.45, 7) is 3.71. The Morgan fingerprint density at radius 1 is 1.10 bits per heavy atom. The molecule has 2 saturated heterocycles. The first kappa shape index (κ1) is 13.9. The molecule has 0 bridgehead atoms. The molecule has 21 heavy (non-hydrogen) atoms. The molecule has 4 rings (SSSR count). The van der Waals surface area contributed by atoms with Crippen LogP contribution in [0.1, 0.15) is 31.0 Å². The van der Waals surface area contributed by atoms with Gasteiger partial charge in [0.25, 0.3) is 0 Å². The maximum Gasteiger partial charge on any atom is 0.205 e. The van der Waals surface area contributed by atoms with Crippen molar-refractivity contribution in [1.82, 2.24) is 14.3 Å². The lowest BCUT2D eigenvalue weighted by Gasteiger charge is -2.37. The first-order valence-electron chi connectivity index (χ1n) is 7.64. The molecule has 3 heterocycles. The Bertz CT molecular complexity index is 618. The minimum Gasteiger partial charge on any atom is -0.344 e. The summed E-state index contributed by atoms with van der Waals surface area (Å²) in [5.41, 5.74) is 0. The molecular formula is C13H20N4O2S2. The summed E-state index contributed by atoms with van der Waals surface area (Å²) in [5.74, 6) is 2.34. The van der Waals surface area contributed by atoms with Gasteiger partial charge in [0.1, 0.15) is 5.82 Å². The Morgan fingerprint density at radius 3 is 2.48 bits per heavy atom. The first-order chi connectivity index (χ1) is 10.1. The van der Waals surface area contributed by atoms with Crippen LogP contribution in [0.5, 0.6) is 0 Å². The maximum absolute atomic E-state index is 11.6. The average molecular weight is 328 g/mol. The number of sulfone groups is 1. The zero-order valence-corrected chi connectivity index (χ0v) is 13.6. The minimum atomic E-state index is -2.79. The molecule has 1 aromatic heterocycles. The van der Waals surface area contributed by atoms with Gasteiger partial charge in [0.15, 0.2) is 9.84 Å². The number of anilines is 1. The molecule has 8 heteroatoms. The van der Waals surface area contributed by atoms with Crippen molar-refractivity contribution in [2.24, 2.45) is 0 Å². The molecule has 6 nitrogen and oxygen atoms in total. The van der Waals surface area contributed by atoms with E-state index in [0.29, 0.717) is 17.4 Å². The molecular weight excluding hydrogens is 308 g/mol. The molecule has 1 aliphatic carbocycles. The van der Waals surface area contributed by atoms with E-state index >= 15 is 0 Å². The van der Waals surface area contributed by atoms with Crippen LogP contribution in [0, 0.1) is 0 Å². The summed E-state index contributed by atoms with van der Waals surface area (Å²) in [5, 5.41) is 1.04. The lowest BCUT2D eigenvalue weighted by atomic mass is 10.2. The fraction of sp³-hybridized carbons (Fsp3) is 0.846. The zero-order chi connectivity index (χ0) is 14.4. The predicted molar refractivity (Wildman–Crippen MR) is 82.7 cm³/mol. The predicted octanol–water partition coefficient (Wildman–Crippen LogP) is 0.725. The third-order valence-corrected chi connectivity index (χ3v) is 7.22. The molecule has 1 atom stereocenters. The second kappa shape index (κ2) is 5.17. The molecule has 116 valence electrons. The summed E-state index contributed by atoms with van der Waals surface area (Å²) in [6.07, 6.45) is 3.27. The van der Waals surface area contributed by atoms with E-state index in [2.05, 4.69) is 19.2 Å². The average Bonchev–Trinajstić information content (AvgIpc) is 3.09. The largest absolute Gasteiger partial charge is 0.344 e. The highest BCUT2D eigenvalue weighted by Gasteiger charge is 2.34. The number of hydrogen-bond acceptors (Lipinski definition) is 7. The molecule has 3 fully saturated rings. The van der Waals surface area contributed by atoms with E-state index in [0.717, 1.165) is 43.6 Å². The number of nitrogens with zero attached hydrogens (tertiary/aromatic N) is 4. The SMILES string of the molecule is O=S1(=O)CCC(N2CCN(c3nc(C4CC4)ns3)CC2)C1. The molecule has 1 aromatic rings. The monoisotopic (exact) mass is 328 g/mol. The second-order valence-corrected chi connectivity index (χ2v) is 9.25. The van der Waals surface area contributed by atoms with Gasteiger partial charge in [0.05, 0.1) is 11.5 Å². The molecule has 1 unspecified atom stereocenters. The summed E-state index contributed by atoms with van der Waals surface area (Å²) in [6, 6.07) is 0.230. The summed E-state index contributed by atoms with van der Waals surface area (Å²) >= 11 is 1.51. The maximum atomic E-state index is 11.6. The molecule has 2 aliphatic heterocycles. The van der Waals surface area contributed by atoms with Crippen molar-refractivity contribution in [3.05, 3.63) is 5.82 Å². The Balaban J connectivity index is 1.35. The molecule has 0 N–H and O–H groups in total. The van der Waals surface area contributed by atoms with Gasteiger partial charge >= 0.3 is 0 Å². The van der Waals surface area contributed by atoms with Gasteiger partial charge in [-0.15, -0.1) is 0 Å². The summed E-state index contributed by atoms with van der Waals surface area (Å²) < 4.78 is 27.6. The van der Waals surface area contributed by atoms with Crippen molar-refractivity contribution in [2.45, 2.75) is 31.2 Å². The van der Waals surface area contributed by atoms with Crippen LogP contribution in [0.25, 0.3) is 0 Å². The molecule has 0 spiro atoms. The van der Waals surface area contributed by atoms with E-state index in [9.17, 15) is 8.42 Å². The van der Waals surface area contributed by atoms with Crippen LogP contribution < -0.4 is 4.90 Å². The minimum absolute atomic E-state index is 0.230. The van der Waals surface area contributed by atoms with Crippen molar-refractivity contribution in [2.75, 3.05) is 42.6 Å². The van der Waals surface area contributed by atoms with Crippen LogP contribution in [-0.4, -0.2) is 66.4 Å². The van der Waals surface area contributed by atoms with E-state index in [1.165, 1.54) is 24.4 Å². The highest BCUT2D eigenvalue weighted by molar-refractivity contribution is 7.91. The van der Waals surface area contributed by atoms with Gasteiger partial charge in [0, 0.05) is 49.7 Å². The Hall–Kier alpha value is -0.730. The smallest absolute Gasteiger partial charge is 0.205 e. The van der Waals surface area contributed by atoms with Gasteiger partial charge in [0.2, 0.25) is 5.13 Å². The molecule has 1 saturated carbocycles. The summed E-state index contributed by atoms with van der Waals surface area (Å²) in [4.78, 5) is 9.29. The van der Waals surface area contributed by atoms with Crippen LogP contribution >= 0.6 is 11.5 Å². The van der Waals surface area contributed by atoms with Crippen LogP contribution in [0.2, 0.25) is 0 Å². The molecule has 3 aliphatic rings. The van der Waals surface area contributed by atoms with Crippen molar-refractivity contribution < 1.29 is 8.42 Å². The van der Waals surface area contributed by atoms with Crippen molar-refractivity contribution in [1.29, 1.82) is 0 Å². The van der Waals surface area contributed by atoms with Gasteiger partial charge in [-0.05, 0) is 19.3 Å². The standard InChI is InChI=1S/C13H20N4O2S2/c18-21(19)8-3-11(9-21)16-4-6-17(7-5-16)13-14-12(15-20-13)10-1-2-10/h10-11H,1-9H2. The van der Waals surface area contributed by atoms with Crippen molar-refractivity contribution >= 4 is 26.5 Å². The van der Waals surface area contributed by atoms with Crippen LogP contribution in [0.3, 0.4) is 0 Å². The highest BCUT2D eigenvalue weighted by Crippen LogP contribution is 2.39. The molecule has 0 aromatic carbocycles.